The van der Waals surface area contributed by atoms with Gasteiger partial charge in [0, 0.05) is 13.1 Å². The first-order valence-corrected chi connectivity index (χ1v) is 7.84. The van der Waals surface area contributed by atoms with Gasteiger partial charge in [-0.25, -0.2) is 8.42 Å². The highest BCUT2D eigenvalue weighted by Crippen LogP contribution is 2.21. The quantitative estimate of drug-likeness (QED) is 0.859. The summed E-state index contributed by atoms with van der Waals surface area (Å²) in [6.45, 7) is 1.54. The molecule has 0 bridgehead atoms. The first-order valence-electron chi connectivity index (χ1n) is 6.02. The highest BCUT2D eigenvalue weighted by molar-refractivity contribution is 7.90. The maximum atomic E-state index is 12.0. The number of rotatable bonds is 5. The van der Waals surface area contributed by atoms with E-state index in [1.54, 1.807) is 18.2 Å². The normalized spacial score (nSPS) is 15.6. The number of hydrogen-bond donors (Lipinski definition) is 1. The molecule has 0 aliphatic carbocycles. The van der Waals surface area contributed by atoms with Crippen molar-refractivity contribution in [3.8, 4) is 11.8 Å². The Morgan fingerprint density at radius 3 is 2.74 bits per heavy atom. The molecular weight excluding hydrogens is 264 g/mol. The van der Waals surface area contributed by atoms with E-state index < -0.39 is 9.84 Å². The topological polar surface area (TPSA) is 79.2 Å². The van der Waals surface area contributed by atoms with Gasteiger partial charge in [-0.3, -0.25) is 0 Å². The van der Waals surface area contributed by atoms with E-state index in [9.17, 15) is 8.42 Å². The van der Waals surface area contributed by atoms with Crippen LogP contribution in [0.15, 0.2) is 18.2 Å². The molecule has 0 spiro atoms. The lowest BCUT2D eigenvalue weighted by molar-refractivity contribution is 0.378. The van der Waals surface area contributed by atoms with Gasteiger partial charge in [0.1, 0.15) is 11.8 Å². The molecule has 0 atom stereocenters. The van der Waals surface area contributed by atoms with Crippen molar-refractivity contribution in [2.45, 2.75) is 5.75 Å². The second-order valence-electron chi connectivity index (χ2n) is 4.73. The van der Waals surface area contributed by atoms with Crippen molar-refractivity contribution in [2.24, 2.45) is 5.92 Å². The van der Waals surface area contributed by atoms with Crippen LogP contribution in [0, 0.1) is 17.2 Å². The molecule has 1 aliphatic heterocycles. The van der Waals surface area contributed by atoms with Crippen molar-refractivity contribution in [3.63, 3.8) is 0 Å². The number of nitrogens with one attached hydrogen (secondary N) is 1. The number of ether oxygens (including phenoxy) is 1. The summed E-state index contributed by atoms with van der Waals surface area (Å²) in [7, 11) is -1.65. The maximum Gasteiger partial charge on any atom is 0.154 e. The number of sulfone groups is 1. The zero-order chi connectivity index (χ0) is 13.9. The van der Waals surface area contributed by atoms with E-state index in [2.05, 4.69) is 5.32 Å². The highest BCUT2D eigenvalue weighted by Gasteiger charge is 2.24. The molecule has 0 unspecified atom stereocenters. The van der Waals surface area contributed by atoms with Crippen molar-refractivity contribution >= 4 is 9.84 Å². The van der Waals surface area contributed by atoms with Crippen molar-refractivity contribution < 1.29 is 13.2 Å². The third-order valence-electron chi connectivity index (χ3n) is 3.13. The molecule has 1 aromatic carbocycles. The van der Waals surface area contributed by atoms with Crippen LogP contribution in [0.4, 0.5) is 0 Å². The molecule has 1 N–H and O–H groups in total. The zero-order valence-electron chi connectivity index (χ0n) is 10.7. The van der Waals surface area contributed by atoms with E-state index >= 15 is 0 Å². The van der Waals surface area contributed by atoms with Gasteiger partial charge in [-0.2, -0.15) is 5.26 Å². The molecule has 1 aliphatic rings. The largest absolute Gasteiger partial charge is 0.495 e. The minimum atomic E-state index is -3.13. The van der Waals surface area contributed by atoms with Crippen molar-refractivity contribution in [1.29, 1.82) is 5.26 Å². The molecule has 1 saturated heterocycles. The van der Waals surface area contributed by atoms with Gasteiger partial charge >= 0.3 is 0 Å². The van der Waals surface area contributed by atoms with Crippen LogP contribution < -0.4 is 10.1 Å². The summed E-state index contributed by atoms with van der Waals surface area (Å²) in [5, 5.41) is 12.0. The fourth-order valence-electron chi connectivity index (χ4n) is 2.07. The van der Waals surface area contributed by atoms with Gasteiger partial charge in [0.2, 0.25) is 0 Å². The first kappa shape index (κ1) is 13.8. The third-order valence-corrected chi connectivity index (χ3v) is 4.88. The SMILES string of the molecule is COc1ccc(CS(=O)(=O)CC2CNC2)cc1C#N. The van der Waals surface area contributed by atoms with Crippen LogP contribution in [0.25, 0.3) is 0 Å². The predicted octanol–water partition coefficient (Wildman–Crippen LogP) is 0.701. The summed E-state index contributed by atoms with van der Waals surface area (Å²) < 4.78 is 29.1. The molecule has 0 radical (unpaired) electrons. The Hall–Kier alpha value is -1.58. The number of nitriles is 1. The Kier molecular flexibility index (Phi) is 4.08. The average molecular weight is 280 g/mol. The van der Waals surface area contributed by atoms with Gasteiger partial charge in [0.05, 0.1) is 24.2 Å². The van der Waals surface area contributed by atoms with E-state index in [1.165, 1.54) is 7.11 Å². The molecule has 0 aromatic heterocycles. The van der Waals surface area contributed by atoms with Gasteiger partial charge < -0.3 is 10.1 Å². The zero-order valence-corrected chi connectivity index (χ0v) is 11.5. The minimum Gasteiger partial charge on any atom is -0.495 e. The van der Waals surface area contributed by atoms with E-state index in [1.807, 2.05) is 6.07 Å². The number of benzene rings is 1. The molecule has 0 amide bonds. The van der Waals surface area contributed by atoms with E-state index in [0.29, 0.717) is 16.9 Å². The summed E-state index contributed by atoms with van der Waals surface area (Å²) in [5.74, 6) is 0.862. The van der Waals surface area contributed by atoms with Crippen LogP contribution in [0.2, 0.25) is 0 Å². The monoisotopic (exact) mass is 280 g/mol. The van der Waals surface area contributed by atoms with Crippen LogP contribution >= 0.6 is 0 Å². The highest BCUT2D eigenvalue weighted by atomic mass is 32.2. The van der Waals surface area contributed by atoms with Crippen LogP contribution in [-0.2, 0) is 15.6 Å². The van der Waals surface area contributed by atoms with Gasteiger partial charge in [-0.05, 0) is 23.6 Å². The fourth-order valence-corrected chi connectivity index (χ4v) is 3.83. The van der Waals surface area contributed by atoms with E-state index in [4.69, 9.17) is 10.00 Å². The van der Waals surface area contributed by atoms with Crippen molar-refractivity contribution in [1.82, 2.24) is 5.32 Å². The smallest absolute Gasteiger partial charge is 0.154 e. The Morgan fingerprint density at radius 1 is 1.47 bits per heavy atom. The van der Waals surface area contributed by atoms with Gasteiger partial charge in [-0.15, -0.1) is 0 Å². The summed E-state index contributed by atoms with van der Waals surface area (Å²) in [6.07, 6.45) is 0. The second-order valence-corrected chi connectivity index (χ2v) is 6.83. The molecule has 1 heterocycles. The second kappa shape index (κ2) is 5.59. The predicted molar refractivity (Wildman–Crippen MR) is 71.6 cm³/mol. The number of nitrogens with zero attached hydrogens (tertiary/aromatic N) is 1. The lowest BCUT2D eigenvalue weighted by Crippen LogP contribution is -2.45. The molecule has 19 heavy (non-hydrogen) atoms. The summed E-state index contributed by atoms with van der Waals surface area (Å²) >= 11 is 0. The lowest BCUT2D eigenvalue weighted by atomic mass is 10.1. The van der Waals surface area contributed by atoms with Crippen LogP contribution in [0.5, 0.6) is 5.75 Å². The van der Waals surface area contributed by atoms with Gasteiger partial charge in [-0.1, -0.05) is 6.07 Å². The molecule has 5 nitrogen and oxygen atoms in total. The summed E-state index contributed by atoms with van der Waals surface area (Å²) in [6, 6.07) is 6.91. The molecular formula is C13H16N2O3S. The molecule has 6 heteroatoms. The lowest BCUT2D eigenvalue weighted by Gasteiger charge is -2.26. The first-order chi connectivity index (χ1) is 9.04. The van der Waals surface area contributed by atoms with Crippen molar-refractivity contribution in [3.05, 3.63) is 29.3 Å². The van der Waals surface area contributed by atoms with E-state index in [-0.39, 0.29) is 17.4 Å². The fraction of sp³-hybridized carbons (Fsp3) is 0.462. The van der Waals surface area contributed by atoms with Crippen LogP contribution in [0.3, 0.4) is 0 Å². The molecule has 102 valence electrons. The van der Waals surface area contributed by atoms with Crippen LogP contribution in [-0.4, -0.2) is 34.4 Å². The number of methoxy groups -OCH3 is 1. The summed E-state index contributed by atoms with van der Waals surface area (Å²) in [5.41, 5.74) is 0.991. The Balaban J connectivity index is 2.12. The Bertz CT molecular complexity index is 601. The van der Waals surface area contributed by atoms with Crippen molar-refractivity contribution in [2.75, 3.05) is 26.0 Å². The Labute approximate surface area is 113 Å². The maximum absolute atomic E-state index is 12.0. The molecule has 0 saturated carbocycles. The van der Waals surface area contributed by atoms with Crippen LogP contribution in [0.1, 0.15) is 11.1 Å². The molecule has 1 aromatic rings. The Morgan fingerprint density at radius 2 is 2.21 bits per heavy atom. The third kappa shape index (κ3) is 3.46. The summed E-state index contributed by atoms with van der Waals surface area (Å²) in [4.78, 5) is 0. The van der Waals surface area contributed by atoms with Gasteiger partial charge in [0.25, 0.3) is 0 Å². The van der Waals surface area contributed by atoms with Gasteiger partial charge in [0.15, 0.2) is 9.84 Å². The standard InChI is InChI=1S/C13H16N2O3S/c1-18-13-3-2-10(4-12(13)5-14)8-19(16,17)9-11-6-15-7-11/h2-4,11,15H,6-9H2,1H3. The minimum absolute atomic E-state index is 0.0256. The number of hydrogen-bond acceptors (Lipinski definition) is 5. The molecule has 2 rings (SSSR count). The molecule has 1 fully saturated rings. The average Bonchev–Trinajstić information content (AvgIpc) is 2.33. The van der Waals surface area contributed by atoms with E-state index in [0.717, 1.165) is 13.1 Å².